The molecule has 3 aromatic carbocycles. The highest BCUT2D eigenvalue weighted by molar-refractivity contribution is 5.86. The normalized spacial score (nSPS) is 15.0. The third-order valence-electron chi connectivity index (χ3n) is 5.74. The number of aryl methyl sites for hydroxylation is 2. The minimum absolute atomic E-state index is 0.268. The number of anilines is 1. The Labute approximate surface area is 170 Å². The summed E-state index contributed by atoms with van der Waals surface area (Å²) >= 11 is 0. The van der Waals surface area contributed by atoms with E-state index >= 15 is 0 Å². The van der Waals surface area contributed by atoms with Crippen molar-refractivity contribution in [2.45, 2.75) is 20.4 Å². The van der Waals surface area contributed by atoms with Crippen molar-refractivity contribution in [3.63, 3.8) is 0 Å². The number of fused-ring (bicyclic) bond motifs is 2. The molecule has 146 valence electrons. The van der Waals surface area contributed by atoms with Gasteiger partial charge in [0.05, 0.1) is 0 Å². The number of nitrogens with zero attached hydrogens (tertiary/aromatic N) is 1. The number of rotatable bonds is 2. The van der Waals surface area contributed by atoms with E-state index in [2.05, 4.69) is 49.1 Å². The second-order valence-corrected chi connectivity index (χ2v) is 7.74. The number of hydrogen-bond acceptors (Lipinski definition) is 4. The van der Waals surface area contributed by atoms with E-state index in [1.807, 2.05) is 18.2 Å². The third kappa shape index (κ3) is 3.31. The lowest BCUT2D eigenvalue weighted by Gasteiger charge is -2.32. The van der Waals surface area contributed by atoms with Gasteiger partial charge in [-0.25, -0.2) is 0 Å². The average molecular weight is 385 g/mol. The van der Waals surface area contributed by atoms with Gasteiger partial charge in [0.1, 0.15) is 23.9 Å². The summed E-state index contributed by atoms with van der Waals surface area (Å²) < 4.78 is 12.1. The molecule has 0 spiro atoms. The average Bonchev–Trinajstić information content (AvgIpc) is 2.74. The van der Waals surface area contributed by atoms with Crippen LogP contribution in [0.5, 0.6) is 17.2 Å². The van der Waals surface area contributed by atoms with E-state index in [9.17, 15) is 5.11 Å². The summed E-state index contributed by atoms with van der Waals surface area (Å²) in [6.07, 6.45) is 2.17. The molecule has 3 aromatic rings. The Bertz CT molecular complexity index is 1120. The van der Waals surface area contributed by atoms with Crippen molar-refractivity contribution in [2.24, 2.45) is 0 Å². The summed E-state index contributed by atoms with van der Waals surface area (Å²) in [5, 5.41) is 9.53. The Morgan fingerprint density at radius 2 is 1.69 bits per heavy atom. The second kappa shape index (κ2) is 6.89. The zero-order valence-electron chi connectivity index (χ0n) is 16.6. The molecule has 0 fully saturated rings. The van der Waals surface area contributed by atoms with E-state index in [-0.39, 0.29) is 5.75 Å². The topological polar surface area (TPSA) is 41.9 Å². The summed E-state index contributed by atoms with van der Waals surface area (Å²) in [5.41, 5.74) is 8.12. The van der Waals surface area contributed by atoms with Gasteiger partial charge in [-0.15, -0.1) is 0 Å². The van der Waals surface area contributed by atoms with Gasteiger partial charge in [-0.1, -0.05) is 18.2 Å². The lowest BCUT2D eigenvalue weighted by atomic mass is 9.98. The highest BCUT2D eigenvalue weighted by atomic mass is 16.5. The maximum Gasteiger partial charge on any atom is 0.161 e. The van der Waals surface area contributed by atoms with E-state index in [4.69, 9.17) is 9.47 Å². The predicted molar refractivity (Wildman–Crippen MR) is 116 cm³/mol. The fourth-order valence-electron chi connectivity index (χ4n) is 3.83. The van der Waals surface area contributed by atoms with Crippen LogP contribution >= 0.6 is 0 Å². The fraction of sp³-hybridized carbons (Fsp3) is 0.200. The van der Waals surface area contributed by atoms with Crippen molar-refractivity contribution in [1.29, 1.82) is 0 Å². The summed E-state index contributed by atoms with van der Waals surface area (Å²) in [5.74, 6) is 2.01. The molecule has 0 saturated heterocycles. The van der Waals surface area contributed by atoms with Gasteiger partial charge in [-0.3, -0.25) is 0 Å². The first-order valence-electron chi connectivity index (χ1n) is 9.81. The molecule has 2 aliphatic heterocycles. The molecule has 0 radical (unpaired) electrons. The predicted octanol–water partition coefficient (Wildman–Crippen LogP) is 5.30. The van der Waals surface area contributed by atoms with Crippen molar-refractivity contribution >= 4 is 17.3 Å². The fourth-order valence-corrected chi connectivity index (χ4v) is 3.83. The molecule has 1 N–H and O–H groups in total. The van der Waals surface area contributed by atoms with Gasteiger partial charge in [0, 0.05) is 29.4 Å². The Hall–Kier alpha value is -3.40. The van der Waals surface area contributed by atoms with E-state index in [1.165, 1.54) is 16.8 Å². The zero-order chi connectivity index (χ0) is 20.0. The van der Waals surface area contributed by atoms with Crippen molar-refractivity contribution in [2.75, 3.05) is 18.2 Å². The van der Waals surface area contributed by atoms with Crippen LogP contribution in [0.1, 0.15) is 27.8 Å². The summed E-state index contributed by atoms with van der Waals surface area (Å²) in [4.78, 5) is 2.25. The summed E-state index contributed by atoms with van der Waals surface area (Å²) in [6.45, 7) is 6.11. The molecule has 0 saturated carbocycles. The van der Waals surface area contributed by atoms with Crippen molar-refractivity contribution in [1.82, 2.24) is 0 Å². The Kier molecular flexibility index (Phi) is 4.20. The molecule has 0 unspecified atom stereocenters. The van der Waals surface area contributed by atoms with Gasteiger partial charge in [0.2, 0.25) is 0 Å². The van der Waals surface area contributed by atoms with Gasteiger partial charge in [-0.05, 0) is 72.5 Å². The lowest BCUT2D eigenvalue weighted by molar-refractivity contribution is 0.285. The van der Waals surface area contributed by atoms with E-state index in [0.29, 0.717) is 13.3 Å². The minimum atomic E-state index is 0.268. The van der Waals surface area contributed by atoms with Gasteiger partial charge in [0.15, 0.2) is 6.73 Å². The molecule has 5 rings (SSSR count). The molecule has 0 bridgehead atoms. The van der Waals surface area contributed by atoms with Crippen LogP contribution in [-0.2, 0) is 6.54 Å². The van der Waals surface area contributed by atoms with E-state index in [0.717, 1.165) is 40.3 Å². The van der Waals surface area contributed by atoms with Gasteiger partial charge in [-0.2, -0.15) is 0 Å². The standard InChI is InChI=1S/C25H23NO3/c1-16-3-6-22(9-17(16)2)26-13-20-10-19-11-21(18-4-7-23(27)8-5-18)14-28-24(19)12-25(20)29-15-26/h3-12,27H,13-15H2,1-2H3. The van der Waals surface area contributed by atoms with Crippen molar-refractivity contribution in [3.05, 3.63) is 82.4 Å². The Balaban J connectivity index is 1.46. The van der Waals surface area contributed by atoms with Crippen LogP contribution in [0.2, 0.25) is 0 Å². The van der Waals surface area contributed by atoms with Crippen molar-refractivity contribution in [3.8, 4) is 17.2 Å². The molecule has 2 heterocycles. The van der Waals surface area contributed by atoms with Crippen LogP contribution in [0.15, 0.2) is 54.6 Å². The van der Waals surface area contributed by atoms with Crippen LogP contribution in [0, 0.1) is 13.8 Å². The van der Waals surface area contributed by atoms with Gasteiger partial charge < -0.3 is 19.5 Å². The Morgan fingerprint density at radius 3 is 2.48 bits per heavy atom. The molecule has 2 aliphatic rings. The highest BCUT2D eigenvalue weighted by Crippen LogP contribution is 2.38. The highest BCUT2D eigenvalue weighted by Gasteiger charge is 2.22. The molecule has 0 aliphatic carbocycles. The van der Waals surface area contributed by atoms with Crippen LogP contribution in [-0.4, -0.2) is 18.4 Å². The maximum atomic E-state index is 9.53. The molecule has 4 heteroatoms. The Morgan fingerprint density at radius 1 is 0.862 bits per heavy atom. The molecule has 0 amide bonds. The SMILES string of the molecule is Cc1ccc(N2COc3cc4c(cc3C2)C=C(c2ccc(O)cc2)CO4)cc1C. The molecule has 29 heavy (non-hydrogen) atoms. The van der Waals surface area contributed by atoms with E-state index < -0.39 is 0 Å². The first kappa shape index (κ1) is 17.7. The monoisotopic (exact) mass is 385 g/mol. The van der Waals surface area contributed by atoms with Crippen molar-refractivity contribution < 1.29 is 14.6 Å². The number of benzene rings is 3. The van der Waals surface area contributed by atoms with Crippen LogP contribution in [0.3, 0.4) is 0 Å². The van der Waals surface area contributed by atoms with Gasteiger partial charge in [0.25, 0.3) is 0 Å². The molecule has 0 atom stereocenters. The van der Waals surface area contributed by atoms with Crippen LogP contribution in [0.25, 0.3) is 11.6 Å². The number of ether oxygens (including phenoxy) is 2. The second-order valence-electron chi connectivity index (χ2n) is 7.74. The first-order chi connectivity index (χ1) is 14.1. The lowest BCUT2D eigenvalue weighted by Crippen LogP contribution is -2.32. The molecular formula is C25H23NO3. The quantitative estimate of drug-likeness (QED) is 0.650. The third-order valence-corrected chi connectivity index (χ3v) is 5.74. The summed E-state index contributed by atoms with van der Waals surface area (Å²) in [7, 11) is 0. The van der Waals surface area contributed by atoms with Crippen LogP contribution < -0.4 is 14.4 Å². The molecular weight excluding hydrogens is 362 g/mol. The maximum absolute atomic E-state index is 9.53. The van der Waals surface area contributed by atoms with Crippen LogP contribution in [0.4, 0.5) is 5.69 Å². The number of phenols is 1. The molecule has 4 nitrogen and oxygen atoms in total. The van der Waals surface area contributed by atoms with Gasteiger partial charge >= 0.3 is 0 Å². The number of phenolic OH excluding ortho intramolecular Hbond substituents is 1. The molecule has 0 aromatic heterocycles. The van der Waals surface area contributed by atoms with E-state index in [1.54, 1.807) is 12.1 Å². The summed E-state index contributed by atoms with van der Waals surface area (Å²) in [6, 6.07) is 17.9. The number of hydrogen-bond donors (Lipinski definition) is 1. The smallest absolute Gasteiger partial charge is 0.161 e. The zero-order valence-corrected chi connectivity index (χ0v) is 16.6. The minimum Gasteiger partial charge on any atom is -0.508 e. The number of aromatic hydroxyl groups is 1. The first-order valence-corrected chi connectivity index (χ1v) is 9.81. The largest absolute Gasteiger partial charge is 0.508 e.